The van der Waals surface area contributed by atoms with Crippen LogP contribution in [-0.4, -0.2) is 0 Å². The lowest BCUT2D eigenvalue weighted by molar-refractivity contribution is -0.181. The smallest absolute Gasteiger partial charge is 0.0243 e. The van der Waals surface area contributed by atoms with Crippen molar-refractivity contribution in [3.63, 3.8) is 0 Å². The van der Waals surface area contributed by atoms with Crippen LogP contribution in [0.25, 0.3) is 0 Å². The molecule has 3 aliphatic carbocycles. The molecule has 0 aliphatic heterocycles. The molecule has 3 saturated carbocycles. The maximum absolute atomic E-state index is 2.49. The fourth-order valence-corrected chi connectivity index (χ4v) is 3.43. The van der Waals surface area contributed by atoms with Gasteiger partial charge >= 0.3 is 0 Å². The van der Waals surface area contributed by atoms with Crippen LogP contribution in [0.1, 0.15) is 47.0 Å². The Hall–Kier alpha value is 0. The van der Waals surface area contributed by atoms with Gasteiger partial charge in [-0.05, 0) is 41.9 Å². The SMILES string of the molecule is CC1CCC2CC1(C)C2(C)C. The van der Waals surface area contributed by atoms with Crippen LogP contribution in [0.3, 0.4) is 0 Å². The van der Waals surface area contributed by atoms with Gasteiger partial charge in [0.1, 0.15) is 0 Å². The van der Waals surface area contributed by atoms with Gasteiger partial charge in [-0.15, -0.1) is 0 Å². The first kappa shape index (κ1) is 7.64. The minimum Gasteiger partial charge on any atom is -0.0620 e. The highest BCUT2D eigenvalue weighted by atomic mass is 14.7. The van der Waals surface area contributed by atoms with Gasteiger partial charge in [-0.2, -0.15) is 0 Å². The molecule has 3 atom stereocenters. The third-order valence-corrected chi connectivity index (χ3v) is 5.20. The standard InChI is InChI=1S/C11H20/c1-8-5-6-9-7-11(8,4)10(9,2)3/h8-9H,5-7H2,1-4H3. The fourth-order valence-electron chi connectivity index (χ4n) is 3.43. The predicted molar refractivity (Wildman–Crippen MR) is 48.4 cm³/mol. The van der Waals surface area contributed by atoms with Crippen LogP contribution >= 0.6 is 0 Å². The molecular weight excluding hydrogens is 132 g/mol. The van der Waals surface area contributed by atoms with E-state index in [4.69, 9.17) is 0 Å². The Morgan fingerprint density at radius 1 is 1.09 bits per heavy atom. The van der Waals surface area contributed by atoms with E-state index in [-0.39, 0.29) is 0 Å². The van der Waals surface area contributed by atoms with Crippen LogP contribution in [0.2, 0.25) is 0 Å². The molecule has 0 aromatic heterocycles. The fraction of sp³-hybridized carbons (Fsp3) is 1.00. The van der Waals surface area contributed by atoms with E-state index in [0.29, 0.717) is 10.8 Å². The van der Waals surface area contributed by atoms with E-state index >= 15 is 0 Å². The van der Waals surface area contributed by atoms with Gasteiger partial charge in [0, 0.05) is 0 Å². The van der Waals surface area contributed by atoms with Crippen LogP contribution < -0.4 is 0 Å². The molecule has 0 heterocycles. The summed E-state index contributed by atoms with van der Waals surface area (Å²) in [4.78, 5) is 0. The van der Waals surface area contributed by atoms with Crippen LogP contribution in [0, 0.1) is 22.7 Å². The molecule has 3 aliphatic rings. The molecule has 64 valence electrons. The summed E-state index contributed by atoms with van der Waals surface area (Å²) in [6, 6.07) is 0. The first-order valence-electron chi connectivity index (χ1n) is 4.98. The van der Waals surface area contributed by atoms with E-state index in [1.54, 1.807) is 0 Å². The van der Waals surface area contributed by atoms with Gasteiger partial charge in [-0.25, -0.2) is 0 Å². The second-order valence-corrected chi connectivity index (χ2v) is 5.52. The maximum atomic E-state index is 2.49. The lowest BCUT2D eigenvalue weighted by Gasteiger charge is -2.67. The van der Waals surface area contributed by atoms with Crippen molar-refractivity contribution in [2.75, 3.05) is 0 Å². The molecule has 2 bridgehead atoms. The molecule has 0 N–H and O–H groups in total. The molecule has 0 nitrogen and oxygen atoms in total. The number of fused-ring (bicyclic) bond motifs is 2. The van der Waals surface area contributed by atoms with Crippen molar-refractivity contribution in [3.05, 3.63) is 0 Å². The lowest BCUT2D eigenvalue weighted by atomic mass is 9.38. The monoisotopic (exact) mass is 152 g/mol. The van der Waals surface area contributed by atoms with E-state index in [1.165, 1.54) is 19.3 Å². The molecule has 0 aromatic carbocycles. The Balaban J connectivity index is 2.28. The van der Waals surface area contributed by atoms with E-state index in [1.807, 2.05) is 0 Å². The van der Waals surface area contributed by atoms with Crippen molar-refractivity contribution >= 4 is 0 Å². The van der Waals surface area contributed by atoms with E-state index in [9.17, 15) is 0 Å². The zero-order chi connectivity index (χ0) is 8.28. The van der Waals surface area contributed by atoms with E-state index < -0.39 is 0 Å². The summed E-state index contributed by atoms with van der Waals surface area (Å²) < 4.78 is 0. The van der Waals surface area contributed by atoms with Crippen LogP contribution in [0.5, 0.6) is 0 Å². The predicted octanol–water partition coefficient (Wildman–Crippen LogP) is 3.47. The average Bonchev–Trinajstić information content (AvgIpc) is 1.94. The molecule has 3 rings (SSSR count). The highest BCUT2D eigenvalue weighted by molar-refractivity contribution is 5.10. The zero-order valence-corrected chi connectivity index (χ0v) is 8.28. The third-order valence-electron chi connectivity index (χ3n) is 5.20. The van der Waals surface area contributed by atoms with Crippen molar-refractivity contribution in [3.8, 4) is 0 Å². The van der Waals surface area contributed by atoms with Crippen molar-refractivity contribution in [1.82, 2.24) is 0 Å². The Morgan fingerprint density at radius 3 is 2.09 bits per heavy atom. The lowest BCUT2D eigenvalue weighted by Crippen LogP contribution is -2.59. The highest BCUT2D eigenvalue weighted by Crippen LogP contribution is 2.69. The third kappa shape index (κ3) is 0.666. The number of hydrogen-bond donors (Lipinski definition) is 0. The van der Waals surface area contributed by atoms with Gasteiger partial charge in [0.15, 0.2) is 0 Å². The Kier molecular flexibility index (Phi) is 1.28. The van der Waals surface area contributed by atoms with Crippen molar-refractivity contribution in [2.24, 2.45) is 22.7 Å². The Morgan fingerprint density at radius 2 is 1.73 bits per heavy atom. The molecular formula is C11H20. The van der Waals surface area contributed by atoms with Gasteiger partial charge in [-0.3, -0.25) is 0 Å². The Labute approximate surface area is 70.4 Å². The van der Waals surface area contributed by atoms with Gasteiger partial charge in [0.05, 0.1) is 0 Å². The van der Waals surface area contributed by atoms with Crippen molar-refractivity contribution in [2.45, 2.75) is 47.0 Å². The molecule has 0 saturated heterocycles. The zero-order valence-electron chi connectivity index (χ0n) is 8.28. The van der Waals surface area contributed by atoms with Gasteiger partial charge in [0.25, 0.3) is 0 Å². The highest BCUT2D eigenvalue weighted by Gasteiger charge is 2.61. The van der Waals surface area contributed by atoms with Gasteiger partial charge < -0.3 is 0 Å². The summed E-state index contributed by atoms with van der Waals surface area (Å²) in [5, 5.41) is 0. The molecule has 0 amide bonds. The van der Waals surface area contributed by atoms with Gasteiger partial charge in [0.2, 0.25) is 0 Å². The average molecular weight is 152 g/mol. The van der Waals surface area contributed by atoms with E-state index in [0.717, 1.165) is 11.8 Å². The second-order valence-electron chi connectivity index (χ2n) is 5.52. The molecule has 0 spiro atoms. The summed E-state index contributed by atoms with van der Waals surface area (Å²) in [5.41, 5.74) is 1.32. The summed E-state index contributed by atoms with van der Waals surface area (Å²) >= 11 is 0. The number of rotatable bonds is 0. The topological polar surface area (TPSA) is 0 Å². The van der Waals surface area contributed by atoms with Crippen LogP contribution in [-0.2, 0) is 0 Å². The first-order valence-corrected chi connectivity index (χ1v) is 4.98. The van der Waals surface area contributed by atoms with Crippen molar-refractivity contribution in [1.29, 1.82) is 0 Å². The minimum absolute atomic E-state index is 0.644. The first-order chi connectivity index (χ1) is 4.98. The Bertz CT molecular complexity index is 180. The van der Waals surface area contributed by atoms with Crippen LogP contribution in [0.4, 0.5) is 0 Å². The molecule has 0 radical (unpaired) electrons. The molecule has 11 heavy (non-hydrogen) atoms. The summed E-state index contributed by atoms with van der Waals surface area (Å²) in [6.45, 7) is 9.87. The second kappa shape index (κ2) is 1.84. The maximum Gasteiger partial charge on any atom is -0.0243 e. The summed E-state index contributed by atoms with van der Waals surface area (Å²) in [5.74, 6) is 2.01. The molecule has 3 unspecified atom stereocenters. The minimum atomic E-state index is 0.644. The van der Waals surface area contributed by atoms with Crippen LogP contribution in [0.15, 0.2) is 0 Å². The molecule has 0 aromatic rings. The largest absolute Gasteiger partial charge is 0.0620 e. The molecule has 0 heteroatoms. The summed E-state index contributed by atoms with van der Waals surface area (Å²) in [6.07, 6.45) is 4.47. The van der Waals surface area contributed by atoms with Gasteiger partial charge in [-0.1, -0.05) is 27.7 Å². The number of hydrogen-bond acceptors (Lipinski definition) is 0. The normalized spacial score (nSPS) is 53.5. The summed E-state index contributed by atoms with van der Waals surface area (Å²) in [7, 11) is 0. The van der Waals surface area contributed by atoms with Crippen molar-refractivity contribution < 1.29 is 0 Å². The molecule has 3 fully saturated rings. The van der Waals surface area contributed by atoms with E-state index in [2.05, 4.69) is 27.7 Å². The quantitative estimate of drug-likeness (QED) is 0.498.